The second kappa shape index (κ2) is 7.66. The van der Waals surface area contributed by atoms with Crippen LogP contribution in [0.1, 0.15) is 16.1 Å². The molecule has 2 aromatic rings. The Bertz CT molecular complexity index is 807. The molecule has 0 unspecified atom stereocenters. The number of rotatable bonds is 8. The molecule has 25 heavy (non-hydrogen) atoms. The third-order valence-corrected chi connectivity index (χ3v) is 5.32. The number of aromatic carboxylic acids is 1. The predicted octanol–water partition coefficient (Wildman–Crippen LogP) is 2.63. The van der Waals surface area contributed by atoms with Crippen LogP contribution in [0.25, 0.3) is 0 Å². The van der Waals surface area contributed by atoms with E-state index in [1.807, 2.05) is 0 Å². The highest BCUT2D eigenvalue weighted by molar-refractivity contribution is 6.76. The van der Waals surface area contributed by atoms with Gasteiger partial charge < -0.3 is 20.1 Å². The Morgan fingerprint density at radius 3 is 2.80 bits per heavy atom. The van der Waals surface area contributed by atoms with E-state index in [9.17, 15) is 9.59 Å². The molecule has 0 saturated carbocycles. The molecule has 2 rings (SSSR count). The summed E-state index contributed by atoms with van der Waals surface area (Å²) in [7, 11) is -1.11. The van der Waals surface area contributed by atoms with E-state index in [1.165, 1.54) is 13.0 Å². The summed E-state index contributed by atoms with van der Waals surface area (Å²) in [6, 6.07) is 4.12. The molecule has 3 N–H and O–H groups in total. The van der Waals surface area contributed by atoms with Crippen LogP contribution in [0, 0.1) is 6.92 Å². The lowest BCUT2D eigenvalue weighted by atomic mass is 10.2. The van der Waals surface area contributed by atoms with Crippen LogP contribution in [0.4, 0.5) is 11.6 Å². The van der Waals surface area contributed by atoms with Gasteiger partial charge in [0.25, 0.3) is 0 Å². The van der Waals surface area contributed by atoms with Crippen molar-refractivity contribution < 1.29 is 14.6 Å². The second-order valence-corrected chi connectivity index (χ2v) is 12.7. The molecule has 0 bridgehead atoms. The van der Waals surface area contributed by atoms with Gasteiger partial charge in [0, 0.05) is 38.6 Å². The maximum Gasteiger partial charge on any atom is 0.352 e. The summed E-state index contributed by atoms with van der Waals surface area (Å²) in [5, 5.41) is 16.3. The lowest BCUT2D eigenvalue weighted by Gasteiger charge is -2.15. The van der Waals surface area contributed by atoms with E-state index in [0.29, 0.717) is 19.2 Å². The molecule has 2 heterocycles. The van der Waals surface area contributed by atoms with Crippen LogP contribution in [0.2, 0.25) is 25.7 Å². The fourth-order valence-electron chi connectivity index (χ4n) is 2.08. The van der Waals surface area contributed by atoms with Gasteiger partial charge in [-0.05, 0) is 13.0 Å². The molecule has 0 amide bonds. The van der Waals surface area contributed by atoms with Crippen molar-refractivity contribution in [3.63, 3.8) is 0 Å². The molecule has 0 aliphatic carbocycles. The molecule has 8 nitrogen and oxygen atoms in total. The fraction of sp³-hybridized carbons (Fsp3) is 0.438. The fourth-order valence-corrected chi connectivity index (χ4v) is 2.84. The van der Waals surface area contributed by atoms with E-state index >= 15 is 0 Å². The molecule has 0 aromatic carbocycles. The summed E-state index contributed by atoms with van der Waals surface area (Å²) >= 11 is 0. The van der Waals surface area contributed by atoms with Gasteiger partial charge in [-0.2, -0.15) is 5.10 Å². The quantitative estimate of drug-likeness (QED) is 0.491. The van der Waals surface area contributed by atoms with Crippen molar-refractivity contribution in [1.82, 2.24) is 14.8 Å². The molecular formula is C16H24N4O4Si. The third kappa shape index (κ3) is 5.57. The predicted molar refractivity (Wildman–Crippen MR) is 98.4 cm³/mol. The number of hydrogen-bond acceptors (Lipinski definition) is 5. The summed E-state index contributed by atoms with van der Waals surface area (Å²) in [5.41, 5.74) is -0.323. The maximum atomic E-state index is 11.9. The summed E-state index contributed by atoms with van der Waals surface area (Å²) in [6.07, 6.45) is 1.75. The summed E-state index contributed by atoms with van der Waals surface area (Å²) in [4.78, 5) is 25.7. The van der Waals surface area contributed by atoms with Gasteiger partial charge in [0.2, 0.25) is 0 Å². The molecule has 136 valence electrons. The van der Waals surface area contributed by atoms with Crippen molar-refractivity contribution in [2.24, 2.45) is 0 Å². The number of ether oxygens (including phenoxy) is 1. The highest BCUT2D eigenvalue weighted by Crippen LogP contribution is 2.13. The van der Waals surface area contributed by atoms with Gasteiger partial charge in [-0.25, -0.2) is 9.48 Å². The van der Waals surface area contributed by atoms with Crippen LogP contribution in [0.3, 0.4) is 0 Å². The molecule has 0 fully saturated rings. The lowest BCUT2D eigenvalue weighted by molar-refractivity contribution is 0.0689. The average molecular weight is 364 g/mol. The number of carboxylic acids is 1. The Morgan fingerprint density at radius 2 is 2.16 bits per heavy atom. The minimum Gasteiger partial charge on any atom is -0.477 e. The standard InChI is InChI=1S/C16H24N4O4Si/c1-11-12(21)9-14(18-15(11)16(22)23)17-13-5-6-20(19-13)10-24-7-8-25(2,3)4/h5-6,9H,7-8,10H2,1-4H3,(H,22,23)(H2,17,18,19,21). The third-order valence-electron chi connectivity index (χ3n) is 3.62. The molecular weight excluding hydrogens is 340 g/mol. The van der Waals surface area contributed by atoms with Crippen LogP contribution in [-0.2, 0) is 11.5 Å². The van der Waals surface area contributed by atoms with Gasteiger partial charge in [-0.15, -0.1) is 0 Å². The van der Waals surface area contributed by atoms with E-state index in [1.54, 1.807) is 16.9 Å². The van der Waals surface area contributed by atoms with Crippen molar-refractivity contribution in [3.8, 4) is 0 Å². The topological polar surface area (TPSA) is 109 Å². The van der Waals surface area contributed by atoms with Gasteiger partial charge >= 0.3 is 5.97 Å². The van der Waals surface area contributed by atoms with Crippen LogP contribution in [0.5, 0.6) is 0 Å². The zero-order valence-corrected chi connectivity index (χ0v) is 15.9. The molecule has 0 spiro atoms. The zero-order chi connectivity index (χ0) is 18.6. The number of H-pyrrole nitrogens is 1. The van der Waals surface area contributed by atoms with Crippen molar-refractivity contribution >= 4 is 25.7 Å². The Balaban J connectivity index is 1.99. The van der Waals surface area contributed by atoms with Crippen molar-refractivity contribution in [2.45, 2.75) is 39.3 Å². The number of nitrogens with zero attached hydrogens (tertiary/aromatic N) is 2. The van der Waals surface area contributed by atoms with E-state index < -0.39 is 14.0 Å². The maximum absolute atomic E-state index is 11.9. The highest BCUT2D eigenvalue weighted by atomic mass is 28.3. The van der Waals surface area contributed by atoms with Crippen molar-refractivity contribution in [1.29, 1.82) is 0 Å². The SMILES string of the molecule is Cc1c(C(=O)O)[nH]c(Nc2ccn(COCC[Si](C)(C)C)n2)cc1=O. The number of aromatic amines is 1. The number of carbonyl (C=O) groups is 1. The minimum absolute atomic E-state index is 0.135. The van der Waals surface area contributed by atoms with Gasteiger partial charge in [0.15, 0.2) is 11.2 Å². The molecule has 0 saturated heterocycles. The molecule has 0 atom stereocenters. The van der Waals surface area contributed by atoms with E-state index in [2.05, 4.69) is 35.0 Å². The number of carboxylic acid groups (broad SMARTS) is 1. The van der Waals surface area contributed by atoms with Crippen LogP contribution in [-0.4, -0.2) is 40.5 Å². The summed E-state index contributed by atoms with van der Waals surface area (Å²) in [5.74, 6) is -0.415. The number of hydrogen-bond donors (Lipinski definition) is 3. The normalized spacial score (nSPS) is 11.5. The zero-order valence-electron chi connectivity index (χ0n) is 14.9. The molecule has 0 radical (unpaired) electrons. The van der Waals surface area contributed by atoms with Crippen molar-refractivity contribution in [2.75, 3.05) is 11.9 Å². The van der Waals surface area contributed by atoms with E-state index in [-0.39, 0.29) is 22.5 Å². The molecule has 2 aromatic heterocycles. The van der Waals surface area contributed by atoms with E-state index in [4.69, 9.17) is 9.84 Å². The summed E-state index contributed by atoms with van der Waals surface area (Å²) in [6.45, 7) is 9.39. The summed E-state index contributed by atoms with van der Waals surface area (Å²) < 4.78 is 7.25. The van der Waals surface area contributed by atoms with Crippen molar-refractivity contribution in [3.05, 3.63) is 39.8 Å². The number of anilines is 2. The van der Waals surface area contributed by atoms with Gasteiger partial charge in [0.1, 0.15) is 18.2 Å². The Morgan fingerprint density at radius 1 is 1.44 bits per heavy atom. The molecule has 9 heteroatoms. The lowest BCUT2D eigenvalue weighted by Crippen LogP contribution is -2.22. The Labute approximate surface area is 146 Å². The second-order valence-electron chi connectivity index (χ2n) is 7.07. The van der Waals surface area contributed by atoms with Gasteiger partial charge in [0.05, 0.1) is 0 Å². The van der Waals surface area contributed by atoms with E-state index in [0.717, 1.165) is 6.04 Å². The Hall–Kier alpha value is -2.39. The number of pyridine rings is 1. The number of nitrogens with one attached hydrogen (secondary N) is 2. The van der Waals surface area contributed by atoms with Crippen LogP contribution >= 0.6 is 0 Å². The highest BCUT2D eigenvalue weighted by Gasteiger charge is 2.13. The smallest absolute Gasteiger partial charge is 0.352 e. The number of aromatic nitrogens is 3. The molecule has 0 aliphatic rings. The monoisotopic (exact) mass is 364 g/mol. The first-order valence-electron chi connectivity index (χ1n) is 8.01. The largest absolute Gasteiger partial charge is 0.477 e. The molecule has 0 aliphatic heterocycles. The minimum atomic E-state index is -1.18. The first kappa shape index (κ1) is 18.9. The first-order valence-corrected chi connectivity index (χ1v) is 11.7. The van der Waals surface area contributed by atoms with Gasteiger partial charge in [-0.1, -0.05) is 19.6 Å². The first-order chi connectivity index (χ1) is 11.7. The van der Waals surface area contributed by atoms with Crippen LogP contribution < -0.4 is 10.7 Å². The average Bonchev–Trinajstić information content (AvgIpc) is 2.93. The van der Waals surface area contributed by atoms with Crippen LogP contribution in [0.15, 0.2) is 23.1 Å². The van der Waals surface area contributed by atoms with Gasteiger partial charge in [-0.3, -0.25) is 4.79 Å². The Kier molecular flexibility index (Phi) is 5.80.